The number of ether oxygens (including phenoxy) is 1. The molecule has 0 radical (unpaired) electrons. The van der Waals surface area contributed by atoms with Crippen LogP contribution >= 0.6 is 0 Å². The van der Waals surface area contributed by atoms with E-state index in [1.54, 1.807) is 0 Å². The number of halogens is 2. The third-order valence-corrected chi connectivity index (χ3v) is 9.94. The van der Waals surface area contributed by atoms with Crippen LogP contribution in [0.1, 0.15) is 96.3 Å². The second-order valence-corrected chi connectivity index (χ2v) is 12.5. The minimum Gasteiger partial charge on any atom is -0.387 e. The Hall–Kier alpha value is -1.28. The maximum absolute atomic E-state index is 14.2. The summed E-state index contributed by atoms with van der Waals surface area (Å²) >= 11 is 0. The van der Waals surface area contributed by atoms with Crippen molar-refractivity contribution in [3.63, 3.8) is 0 Å². The predicted molar refractivity (Wildman–Crippen MR) is 136 cm³/mol. The van der Waals surface area contributed by atoms with Crippen molar-refractivity contribution in [2.75, 3.05) is 19.6 Å². The third-order valence-electron chi connectivity index (χ3n) is 9.94. The first kappa shape index (κ1) is 26.3. The first-order valence-electron chi connectivity index (χ1n) is 14.7. The number of hydrogen-bond acceptors (Lipinski definition) is 4. The fraction of sp³-hybridized carbons (Fsp3) is 0.929. The minimum absolute atomic E-state index is 0.0709. The van der Waals surface area contributed by atoms with Gasteiger partial charge in [0.05, 0.1) is 30.6 Å². The van der Waals surface area contributed by atoms with Gasteiger partial charge in [-0.05, 0) is 82.5 Å². The number of nitrogens with two attached hydrogens (primary N) is 1. The van der Waals surface area contributed by atoms with Gasteiger partial charge in [0.15, 0.2) is 0 Å². The van der Waals surface area contributed by atoms with Crippen LogP contribution in [0.3, 0.4) is 0 Å². The van der Waals surface area contributed by atoms with Crippen LogP contribution in [-0.2, 0) is 9.53 Å². The molecule has 0 aromatic carbocycles. The summed E-state index contributed by atoms with van der Waals surface area (Å²) < 4.78 is 34.8. The van der Waals surface area contributed by atoms with Gasteiger partial charge in [0.2, 0.25) is 5.91 Å². The molecule has 0 aromatic heterocycles. The van der Waals surface area contributed by atoms with Gasteiger partial charge in [-0.25, -0.2) is 8.78 Å². The first-order valence-corrected chi connectivity index (χ1v) is 14.7. The molecule has 3 saturated carbocycles. The van der Waals surface area contributed by atoms with E-state index in [4.69, 9.17) is 15.9 Å². The zero-order chi connectivity index (χ0) is 25.3. The van der Waals surface area contributed by atoms with Gasteiger partial charge in [-0.3, -0.25) is 15.1 Å². The highest BCUT2D eigenvalue weighted by molar-refractivity contribution is 5.83. The zero-order valence-electron chi connectivity index (χ0n) is 21.8. The smallest absolute Gasteiger partial charge is 0.265 e. The lowest BCUT2D eigenvalue weighted by atomic mass is 9.77. The fourth-order valence-corrected chi connectivity index (χ4v) is 7.92. The third kappa shape index (κ3) is 6.06. The molecule has 1 amide bonds. The number of nitrogens with zero attached hydrogens (tertiary/aromatic N) is 2. The average Bonchev–Trinajstić information content (AvgIpc) is 3.22. The predicted octanol–water partition coefficient (Wildman–Crippen LogP) is 4.95. The second-order valence-electron chi connectivity index (χ2n) is 12.5. The maximum atomic E-state index is 14.2. The standard InChI is InChI=1S/C28H46F2N4O2/c29-28(30)13-4-14-33(18-28)27(35)25-15-20-9-10-21(26(31)32)16-24(20)34(25)17-19-7-11-23(12-8-19)36-22-5-2-1-3-6-22/h19-25H,1-18H2,(H3,31,32). The number of carbonyl (C=O) groups excluding carboxylic acids is 1. The number of rotatable bonds is 6. The molecule has 2 aliphatic heterocycles. The summed E-state index contributed by atoms with van der Waals surface area (Å²) in [5, 5.41) is 8.01. The van der Waals surface area contributed by atoms with Crippen LogP contribution in [0.25, 0.3) is 0 Å². The van der Waals surface area contributed by atoms with Crippen molar-refractivity contribution in [3.8, 4) is 0 Å². The molecule has 4 atom stereocenters. The average molecular weight is 509 g/mol. The highest BCUT2D eigenvalue weighted by Gasteiger charge is 2.50. The Morgan fingerprint density at radius 2 is 1.67 bits per heavy atom. The summed E-state index contributed by atoms with van der Waals surface area (Å²) in [6, 6.07) is -0.0843. The lowest BCUT2D eigenvalue weighted by molar-refractivity contribution is -0.147. The summed E-state index contributed by atoms with van der Waals surface area (Å²) in [6.45, 7) is 0.849. The summed E-state index contributed by atoms with van der Waals surface area (Å²) in [4.78, 5) is 17.5. The Morgan fingerprint density at radius 3 is 2.36 bits per heavy atom. The van der Waals surface area contributed by atoms with Crippen LogP contribution in [-0.4, -0.2) is 71.4 Å². The van der Waals surface area contributed by atoms with E-state index in [-0.39, 0.29) is 36.2 Å². The number of nitrogens with one attached hydrogen (secondary N) is 1. The molecule has 5 aliphatic rings. The Morgan fingerprint density at radius 1 is 0.944 bits per heavy atom. The lowest BCUT2D eigenvalue weighted by Crippen LogP contribution is -2.54. The number of fused-ring (bicyclic) bond motifs is 1. The van der Waals surface area contributed by atoms with Crippen molar-refractivity contribution >= 4 is 11.7 Å². The summed E-state index contributed by atoms with van der Waals surface area (Å²) in [5.74, 6) is -1.66. The van der Waals surface area contributed by atoms with Crippen LogP contribution in [0.15, 0.2) is 0 Å². The van der Waals surface area contributed by atoms with Crippen molar-refractivity contribution in [2.24, 2.45) is 23.5 Å². The van der Waals surface area contributed by atoms with Crippen molar-refractivity contribution < 1.29 is 18.3 Å². The Labute approximate surface area is 215 Å². The number of likely N-dealkylation sites (tertiary alicyclic amines) is 2. The molecule has 0 bridgehead atoms. The van der Waals surface area contributed by atoms with Crippen LogP contribution in [0, 0.1) is 23.2 Å². The molecular weight excluding hydrogens is 462 g/mol. The van der Waals surface area contributed by atoms with Crippen molar-refractivity contribution in [1.29, 1.82) is 5.41 Å². The molecule has 36 heavy (non-hydrogen) atoms. The number of amides is 1. The van der Waals surface area contributed by atoms with Crippen LogP contribution < -0.4 is 5.73 Å². The monoisotopic (exact) mass is 508 g/mol. The SMILES string of the molecule is N=C(N)C1CCC2CC(C(=O)N3CCCC(F)(F)C3)N(CC3CCC(OC4CCCCC4)CC3)C2C1. The Balaban J connectivity index is 1.24. The van der Waals surface area contributed by atoms with Gasteiger partial charge in [0, 0.05) is 31.5 Å². The van der Waals surface area contributed by atoms with E-state index in [1.807, 2.05) is 0 Å². The van der Waals surface area contributed by atoms with E-state index >= 15 is 0 Å². The molecular formula is C28H46F2N4O2. The molecule has 4 unspecified atom stereocenters. The molecule has 8 heteroatoms. The van der Waals surface area contributed by atoms with E-state index in [2.05, 4.69) is 4.90 Å². The van der Waals surface area contributed by atoms with Gasteiger partial charge in [0.1, 0.15) is 0 Å². The van der Waals surface area contributed by atoms with E-state index in [9.17, 15) is 13.6 Å². The highest BCUT2D eigenvalue weighted by Crippen LogP contribution is 2.44. The molecule has 5 fully saturated rings. The minimum atomic E-state index is -2.78. The topological polar surface area (TPSA) is 82.6 Å². The quantitative estimate of drug-likeness (QED) is 0.393. The molecule has 6 nitrogen and oxygen atoms in total. The van der Waals surface area contributed by atoms with Gasteiger partial charge in [0.25, 0.3) is 5.92 Å². The van der Waals surface area contributed by atoms with Gasteiger partial charge in [-0.15, -0.1) is 0 Å². The van der Waals surface area contributed by atoms with Gasteiger partial charge >= 0.3 is 0 Å². The summed E-state index contributed by atoms with van der Waals surface area (Å²) in [7, 11) is 0. The molecule has 0 spiro atoms. The summed E-state index contributed by atoms with van der Waals surface area (Å²) in [5.41, 5.74) is 5.91. The van der Waals surface area contributed by atoms with Crippen LogP contribution in [0.5, 0.6) is 0 Å². The van der Waals surface area contributed by atoms with E-state index in [0.29, 0.717) is 37.0 Å². The van der Waals surface area contributed by atoms with Crippen molar-refractivity contribution in [3.05, 3.63) is 0 Å². The molecule has 2 heterocycles. The molecule has 204 valence electrons. The number of amidine groups is 1. The van der Waals surface area contributed by atoms with Gasteiger partial charge in [-0.2, -0.15) is 0 Å². The van der Waals surface area contributed by atoms with Crippen molar-refractivity contribution in [2.45, 2.75) is 127 Å². The first-order chi connectivity index (χ1) is 17.3. The molecule has 5 rings (SSSR count). The normalized spacial score (nSPS) is 38.0. The van der Waals surface area contributed by atoms with Crippen LogP contribution in [0.4, 0.5) is 8.78 Å². The Bertz CT molecular complexity index is 782. The fourth-order valence-electron chi connectivity index (χ4n) is 7.92. The van der Waals surface area contributed by atoms with Crippen molar-refractivity contribution in [1.82, 2.24) is 9.80 Å². The number of alkyl halides is 2. The lowest BCUT2D eigenvalue weighted by Gasteiger charge is -2.41. The van der Waals surface area contributed by atoms with Gasteiger partial charge < -0.3 is 15.4 Å². The maximum Gasteiger partial charge on any atom is 0.265 e. The van der Waals surface area contributed by atoms with Crippen LogP contribution in [0.2, 0.25) is 0 Å². The number of piperidine rings is 1. The van der Waals surface area contributed by atoms with E-state index in [0.717, 1.165) is 57.9 Å². The number of hydrogen-bond donors (Lipinski definition) is 2. The van der Waals surface area contributed by atoms with Gasteiger partial charge in [-0.1, -0.05) is 19.3 Å². The van der Waals surface area contributed by atoms with E-state index < -0.39 is 12.5 Å². The van der Waals surface area contributed by atoms with E-state index in [1.165, 1.54) is 37.0 Å². The number of carbonyl (C=O) groups is 1. The zero-order valence-corrected chi connectivity index (χ0v) is 21.8. The second kappa shape index (κ2) is 11.2. The highest BCUT2D eigenvalue weighted by atomic mass is 19.3. The molecule has 0 aromatic rings. The summed E-state index contributed by atoms with van der Waals surface area (Å²) in [6.07, 6.45) is 15.2. The largest absolute Gasteiger partial charge is 0.387 e. The molecule has 3 N–H and O–H groups in total. The molecule has 3 aliphatic carbocycles. The molecule has 2 saturated heterocycles. The Kier molecular flexibility index (Phi) is 8.21.